The number of carboxylic acid groups (broad SMARTS) is 1. The summed E-state index contributed by atoms with van der Waals surface area (Å²) in [5.74, 6) is -1.63. The Kier molecular flexibility index (Phi) is 3.17. The second kappa shape index (κ2) is 4.36. The Morgan fingerprint density at radius 3 is 2.43 bits per heavy atom. The Hall–Kier alpha value is -1.91. The van der Waals surface area contributed by atoms with E-state index in [4.69, 9.17) is 5.11 Å². The van der Waals surface area contributed by atoms with Crippen LogP contribution < -0.4 is 4.74 Å². The molecule has 5 heteroatoms. The third-order valence-corrected chi connectivity index (χ3v) is 1.45. The zero-order chi connectivity index (χ0) is 10.6. The van der Waals surface area contributed by atoms with E-state index in [1.165, 1.54) is 24.3 Å². The van der Waals surface area contributed by atoms with Crippen molar-refractivity contribution >= 4 is 12.3 Å². The van der Waals surface area contributed by atoms with Crippen molar-refractivity contribution in [3.63, 3.8) is 0 Å². The molecule has 0 aliphatic rings. The standard InChI is InChI=1S/C9H7FO4/c10-8(9(12)13)14-7-3-1-6(5-11)2-4-7/h1-5,8H,(H,12,13). The summed E-state index contributed by atoms with van der Waals surface area (Å²) in [5, 5.41) is 8.19. The van der Waals surface area contributed by atoms with Gasteiger partial charge in [0.25, 0.3) is 0 Å². The van der Waals surface area contributed by atoms with Gasteiger partial charge in [-0.05, 0) is 24.3 Å². The first kappa shape index (κ1) is 10.2. The number of aliphatic carboxylic acids is 1. The van der Waals surface area contributed by atoms with Gasteiger partial charge in [0.2, 0.25) is 0 Å². The molecule has 1 aromatic rings. The summed E-state index contributed by atoms with van der Waals surface area (Å²) in [4.78, 5) is 20.3. The average Bonchev–Trinajstić information content (AvgIpc) is 2.19. The smallest absolute Gasteiger partial charge is 0.378 e. The molecule has 0 aromatic heterocycles. The number of hydrogen-bond donors (Lipinski definition) is 1. The number of aldehydes is 1. The zero-order valence-corrected chi connectivity index (χ0v) is 7.01. The van der Waals surface area contributed by atoms with Crippen LogP contribution in [0, 0.1) is 0 Å². The monoisotopic (exact) mass is 198 g/mol. The van der Waals surface area contributed by atoms with E-state index in [0.717, 1.165) is 0 Å². The van der Waals surface area contributed by atoms with Gasteiger partial charge < -0.3 is 9.84 Å². The van der Waals surface area contributed by atoms with E-state index in [1.54, 1.807) is 0 Å². The molecule has 0 saturated carbocycles. The number of carbonyl (C=O) groups excluding carboxylic acids is 1. The highest BCUT2D eigenvalue weighted by Gasteiger charge is 2.16. The normalized spacial score (nSPS) is 11.8. The Labute approximate surface area is 78.9 Å². The molecular weight excluding hydrogens is 191 g/mol. The third-order valence-electron chi connectivity index (χ3n) is 1.45. The molecule has 4 nitrogen and oxygen atoms in total. The maximum absolute atomic E-state index is 12.5. The van der Waals surface area contributed by atoms with E-state index < -0.39 is 12.3 Å². The quantitative estimate of drug-likeness (QED) is 0.739. The van der Waals surface area contributed by atoms with Crippen molar-refractivity contribution in [1.29, 1.82) is 0 Å². The molecule has 0 amide bonds. The average molecular weight is 198 g/mol. The van der Waals surface area contributed by atoms with E-state index in [2.05, 4.69) is 4.74 Å². The van der Waals surface area contributed by atoms with E-state index in [9.17, 15) is 14.0 Å². The largest absolute Gasteiger partial charge is 0.476 e. The molecular formula is C9H7FO4. The molecule has 0 saturated heterocycles. The topological polar surface area (TPSA) is 63.6 Å². The molecule has 1 atom stereocenters. The van der Waals surface area contributed by atoms with E-state index in [-0.39, 0.29) is 5.75 Å². The predicted octanol–water partition coefficient (Wildman–Crippen LogP) is 1.26. The van der Waals surface area contributed by atoms with E-state index in [0.29, 0.717) is 11.8 Å². The highest BCUT2D eigenvalue weighted by Crippen LogP contribution is 2.13. The van der Waals surface area contributed by atoms with Crippen molar-refractivity contribution < 1.29 is 23.8 Å². The van der Waals surface area contributed by atoms with Crippen molar-refractivity contribution in [3.8, 4) is 5.75 Å². The summed E-state index contributed by atoms with van der Waals surface area (Å²) in [5.41, 5.74) is 0.406. The lowest BCUT2D eigenvalue weighted by Gasteiger charge is -2.06. The van der Waals surface area contributed by atoms with E-state index >= 15 is 0 Å². The van der Waals surface area contributed by atoms with Crippen LogP contribution in [0.2, 0.25) is 0 Å². The molecule has 1 rings (SSSR count). The SMILES string of the molecule is O=Cc1ccc(OC(F)C(=O)O)cc1. The van der Waals surface area contributed by atoms with Gasteiger partial charge in [0.15, 0.2) is 0 Å². The number of ether oxygens (including phenoxy) is 1. The molecule has 0 heterocycles. The van der Waals surface area contributed by atoms with Gasteiger partial charge in [0.05, 0.1) is 0 Å². The Morgan fingerprint density at radius 1 is 1.43 bits per heavy atom. The van der Waals surface area contributed by atoms with Crippen molar-refractivity contribution in [2.24, 2.45) is 0 Å². The summed E-state index contributed by atoms with van der Waals surface area (Å²) in [6.07, 6.45) is -1.77. The first-order valence-electron chi connectivity index (χ1n) is 3.72. The van der Waals surface area contributed by atoms with Crippen LogP contribution in [0.1, 0.15) is 10.4 Å². The van der Waals surface area contributed by atoms with Crippen LogP contribution in [-0.2, 0) is 4.79 Å². The van der Waals surface area contributed by atoms with Gasteiger partial charge in [-0.3, -0.25) is 4.79 Å². The molecule has 1 aromatic carbocycles. The van der Waals surface area contributed by atoms with Gasteiger partial charge in [0.1, 0.15) is 12.0 Å². The first-order chi connectivity index (χ1) is 6.63. The van der Waals surface area contributed by atoms with Crippen LogP contribution in [-0.4, -0.2) is 23.7 Å². The second-order valence-corrected chi connectivity index (χ2v) is 2.46. The first-order valence-corrected chi connectivity index (χ1v) is 3.72. The van der Waals surface area contributed by atoms with Crippen LogP contribution in [0.5, 0.6) is 5.75 Å². The number of alkyl halides is 1. The Balaban J connectivity index is 2.68. The Bertz CT molecular complexity index is 333. The summed E-state index contributed by atoms with van der Waals surface area (Å²) < 4.78 is 16.9. The minimum absolute atomic E-state index is 0.0606. The summed E-state index contributed by atoms with van der Waals surface area (Å²) in [7, 11) is 0. The fourth-order valence-corrected chi connectivity index (χ4v) is 0.795. The Morgan fingerprint density at radius 2 is 2.00 bits per heavy atom. The molecule has 0 radical (unpaired) electrons. The minimum atomic E-state index is -2.39. The molecule has 14 heavy (non-hydrogen) atoms. The van der Waals surface area contributed by atoms with Gasteiger partial charge in [-0.2, -0.15) is 4.39 Å². The number of carboxylic acids is 1. The van der Waals surface area contributed by atoms with Gasteiger partial charge in [-0.1, -0.05) is 0 Å². The van der Waals surface area contributed by atoms with Gasteiger partial charge >= 0.3 is 12.3 Å². The number of carbonyl (C=O) groups is 2. The number of hydrogen-bond acceptors (Lipinski definition) is 3. The molecule has 0 fully saturated rings. The van der Waals surface area contributed by atoms with Crippen molar-refractivity contribution in [1.82, 2.24) is 0 Å². The second-order valence-electron chi connectivity index (χ2n) is 2.46. The molecule has 1 unspecified atom stereocenters. The van der Waals surface area contributed by atoms with Crippen molar-refractivity contribution in [2.45, 2.75) is 6.36 Å². The zero-order valence-electron chi connectivity index (χ0n) is 7.01. The van der Waals surface area contributed by atoms with E-state index in [1.807, 2.05) is 0 Å². The van der Waals surface area contributed by atoms with Crippen molar-refractivity contribution in [3.05, 3.63) is 29.8 Å². The molecule has 1 N–H and O–H groups in total. The lowest BCUT2D eigenvalue weighted by Crippen LogP contribution is -2.21. The minimum Gasteiger partial charge on any atom is -0.476 e. The fourth-order valence-electron chi connectivity index (χ4n) is 0.795. The number of benzene rings is 1. The van der Waals surface area contributed by atoms with Crippen molar-refractivity contribution in [2.75, 3.05) is 0 Å². The van der Waals surface area contributed by atoms with Crippen LogP contribution in [0.25, 0.3) is 0 Å². The third kappa shape index (κ3) is 2.55. The van der Waals surface area contributed by atoms with Gasteiger partial charge in [0, 0.05) is 5.56 Å². The lowest BCUT2D eigenvalue weighted by atomic mass is 10.2. The maximum atomic E-state index is 12.5. The summed E-state index contributed by atoms with van der Waals surface area (Å²) in [6, 6.07) is 5.44. The lowest BCUT2D eigenvalue weighted by molar-refractivity contribution is -0.153. The van der Waals surface area contributed by atoms with Crippen LogP contribution in [0.4, 0.5) is 4.39 Å². The highest BCUT2D eigenvalue weighted by molar-refractivity contribution is 5.75. The highest BCUT2D eigenvalue weighted by atomic mass is 19.1. The van der Waals surface area contributed by atoms with Gasteiger partial charge in [-0.25, -0.2) is 4.79 Å². The number of rotatable bonds is 4. The molecule has 74 valence electrons. The maximum Gasteiger partial charge on any atom is 0.378 e. The molecule has 0 spiro atoms. The fraction of sp³-hybridized carbons (Fsp3) is 0.111. The molecule has 0 bridgehead atoms. The summed E-state index contributed by atoms with van der Waals surface area (Å²) >= 11 is 0. The van der Waals surface area contributed by atoms with Crippen LogP contribution in [0.3, 0.4) is 0 Å². The predicted molar refractivity (Wildman–Crippen MR) is 45.0 cm³/mol. The van der Waals surface area contributed by atoms with Gasteiger partial charge in [-0.15, -0.1) is 0 Å². The molecule has 0 aliphatic carbocycles. The molecule has 0 aliphatic heterocycles. The summed E-state index contributed by atoms with van der Waals surface area (Å²) in [6.45, 7) is 0. The van der Waals surface area contributed by atoms with Crippen LogP contribution >= 0.6 is 0 Å². The number of halogens is 1. The van der Waals surface area contributed by atoms with Crippen LogP contribution in [0.15, 0.2) is 24.3 Å².